The largest absolute Gasteiger partial charge is 0.484 e. The van der Waals surface area contributed by atoms with Crippen LogP contribution >= 0.6 is 12.4 Å². The Morgan fingerprint density at radius 2 is 1.83 bits per heavy atom. The van der Waals surface area contributed by atoms with Gasteiger partial charge in [0.2, 0.25) is 0 Å². The third-order valence-electron chi connectivity index (χ3n) is 3.20. The van der Waals surface area contributed by atoms with Crippen LogP contribution in [0.1, 0.15) is 0 Å². The van der Waals surface area contributed by atoms with Crippen molar-refractivity contribution in [1.82, 2.24) is 10.6 Å². The molecule has 0 saturated heterocycles. The Balaban J connectivity index is 0.00000264. The van der Waals surface area contributed by atoms with E-state index in [-0.39, 0.29) is 24.9 Å². The van der Waals surface area contributed by atoms with Crippen LogP contribution in [0.2, 0.25) is 0 Å². The molecule has 2 aromatic carbocycles. The fraction of sp³-hybridized carbons (Fsp3) is 0.353. The van der Waals surface area contributed by atoms with E-state index >= 15 is 0 Å². The van der Waals surface area contributed by atoms with Gasteiger partial charge in [-0.05, 0) is 22.9 Å². The molecule has 2 N–H and O–H groups in total. The summed E-state index contributed by atoms with van der Waals surface area (Å²) in [5.41, 5.74) is 0. The molecule has 0 aromatic heterocycles. The summed E-state index contributed by atoms with van der Waals surface area (Å²) in [6.07, 6.45) is 0. The molecular formula is C17H23ClN2O3. The number of carbonyl (C=O) groups excluding carboxylic acids is 1. The van der Waals surface area contributed by atoms with E-state index in [0.29, 0.717) is 25.4 Å². The zero-order chi connectivity index (χ0) is 15.6. The number of hydrogen-bond donors (Lipinski definition) is 2. The Hall–Kier alpha value is -1.82. The normalized spacial score (nSPS) is 10.1. The lowest BCUT2D eigenvalue weighted by Gasteiger charge is -2.09. The Labute approximate surface area is 142 Å². The lowest BCUT2D eigenvalue weighted by molar-refractivity contribution is -0.123. The summed E-state index contributed by atoms with van der Waals surface area (Å²) in [5.74, 6) is 0.578. The number of carbonyl (C=O) groups is 1. The van der Waals surface area contributed by atoms with Gasteiger partial charge in [0.25, 0.3) is 5.91 Å². The van der Waals surface area contributed by atoms with Crippen molar-refractivity contribution in [1.29, 1.82) is 0 Å². The van der Waals surface area contributed by atoms with Crippen LogP contribution in [-0.2, 0) is 9.53 Å². The molecule has 6 heteroatoms. The average molecular weight is 339 g/mol. The van der Waals surface area contributed by atoms with Crippen molar-refractivity contribution in [2.24, 2.45) is 0 Å². The van der Waals surface area contributed by atoms with E-state index in [9.17, 15) is 4.79 Å². The van der Waals surface area contributed by atoms with E-state index in [1.54, 1.807) is 7.11 Å². The topological polar surface area (TPSA) is 59.6 Å². The highest BCUT2D eigenvalue weighted by molar-refractivity contribution is 5.85. The van der Waals surface area contributed by atoms with Crippen LogP contribution in [-0.4, -0.2) is 45.9 Å². The van der Waals surface area contributed by atoms with Gasteiger partial charge in [-0.15, -0.1) is 12.4 Å². The standard InChI is InChI=1S/C17H22N2O3.ClH/c1-21-11-10-18-8-9-19-17(20)13-22-16-7-6-14-4-2-3-5-15(14)12-16;/h2-7,12,18H,8-11,13H2,1H3,(H,19,20);1H. The van der Waals surface area contributed by atoms with Gasteiger partial charge < -0.3 is 20.1 Å². The minimum atomic E-state index is -0.123. The molecule has 0 fully saturated rings. The fourth-order valence-electron chi connectivity index (χ4n) is 2.05. The highest BCUT2D eigenvalue weighted by atomic mass is 35.5. The number of halogens is 1. The highest BCUT2D eigenvalue weighted by Gasteiger charge is 2.02. The molecule has 0 atom stereocenters. The van der Waals surface area contributed by atoms with Crippen LogP contribution in [0.25, 0.3) is 10.8 Å². The number of ether oxygens (including phenoxy) is 2. The molecule has 0 aliphatic carbocycles. The molecule has 0 aliphatic heterocycles. The van der Waals surface area contributed by atoms with Crippen molar-refractivity contribution < 1.29 is 14.3 Å². The molecule has 2 aromatic rings. The fourth-order valence-corrected chi connectivity index (χ4v) is 2.05. The molecule has 0 bridgehead atoms. The van der Waals surface area contributed by atoms with E-state index in [1.165, 1.54) is 0 Å². The lowest BCUT2D eigenvalue weighted by Crippen LogP contribution is -2.35. The maximum Gasteiger partial charge on any atom is 0.257 e. The predicted molar refractivity (Wildman–Crippen MR) is 94.4 cm³/mol. The zero-order valence-electron chi connectivity index (χ0n) is 13.2. The summed E-state index contributed by atoms with van der Waals surface area (Å²) in [6, 6.07) is 13.8. The summed E-state index contributed by atoms with van der Waals surface area (Å²) in [6.45, 7) is 2.75. The first-order valence-corrected chi connectivity index (χ1v) is 7.37. The monoisotopic (exact) mass is 338 g/mol. The van der Waals surface area contributed by atoms with Crippen LogP contribution < -0.4 is 15.4 Å². The maximum atomic E-state index is 11.7. The van der Waals surface area contributed by atoms with E-state index in [4.69, 9.17) is 9.47 Å². The van der Waals surface area contributed by atoms with Gasteiger partial charge in [-0.1, -0.05) is 30.3 Å². The van der Waals surface area contributed by atoms with Crippen LogP contribution in [0.4, 0.5) is 0 Å². The Morgan fingerprint density at radius 1 is 1.04 bits per heavy atom. The SMILES string of the molecule is COCCNCCNC(=O)COc1ccc2ccccc2c1.Cl. The summed E-state index contributed by atoms with van der Waals surface area (Å²) in [7, 11) is 1.66. The van der Waals surface area contributed by atoms with Crippen molar-refractivity contribution in [3.63, 3.8) is 0 Å². The number of benzene rings is 2. The van der Waals surface area contributed by atoms with Gasteiger partial charge in [0.1, 0.15) is 5.75 Å². The lowest BCUT2D eigenvalue weighted by atomic mass is 10.1. The van der Waals surface area contributed by atoms with Gasteiger partial charge in [-0.25, -0.2) is 0 Å². The van der Waals surface area contributed by atoms with Gasteiger partial charge in [-0.2, -0.15) is 0 Å². The molecule has 2 rings (SSSR count). The van der Waals surface area contributed by atoms with Crippen molar-refractivity contribution in [2.45, 2.75) is 0 Å². The maximum absolute atomic E-state index is 11.7. The van der Waals surface area contributed by atoms with Gasteiger partial charge in [0.15, 0.2) is 6.61 Å². The zero-order valence-corrected chi connectivity index (χ0v) is 14.0. The number of nitrogens with one attached hydrogen (secondary N) is 2. The Bertz CT molecular complexity index is 607. The number of rotatable bonds is 9. The molecule has 0 heterocycles. The van der Waals surface area contributed by atoms with Crippen LogP contribution in [0.5, 0.6) is 5.75 Å². The molecule has 5 nitrogen and oxygen atoms in total. The highest BCUT2D eigenvalue weighted by Crippen LogP contribution is 2.20. The van der Waals surface area contributed by atoms with Gasteiger partial charge >= 0.3 is 0 Å². The third-order valence-corrected chi connectivity index (χ3v) is 3.20. The van der Waals surface area contributed by atoms with E-state index in [1.807, 2.05) is 42.5 Å². The van der Waals surface area contributed by atoms with Gasteiger partial charge in [0.05, 0.1) is 6.61 Å². The second kappa shape index (κ2) is 10.8. The molecule has 23 heavy (non-hydrogen) atoms. The molecular weight excluding hydrogens is 316 g/mol. The summed E-state index contributed by atoms with van der Waals surface area (Å²) < 4.78 is 10.4. The molecule has 0 unspecified atom stereocenters. The summed E-state index contributed by atoms with van der Waals surface area (Å²) in [4.78, 5) is 11.7. The Kier molecular flexibility index (Phi) is 9.05. The molecule has 0 spiro atoms. The first kappa shape index (κ1) is 19.2. The molecule has 1 amide bonds. The number of hydrogen-bond acceptors (Lipinski definition) is 4. The molecule has 0 radical (unpaired) electrons. The van der Waals surface area contributed by atoms with E-state index in [2.05, 4.69) is 10.6 Å². The number of methoxy groups -OCH3 is 1. The predicted octanol–water partition coefficient (Wildman–Crippen LogP) is 1.99. The van der Waals surface area contributed by atoms with Crippen molar-refractivity contribution in [2.75, 3.05) is 40.0 Å². The summed E-state index contributed by atoms with van der Waals surface area (Å²) >= 11 is 0. The van der Waals surface area contributed by atoms with Gasteiger partial charge in [-0.3, -0.25) is 4.79 Å². The number of amides is 1. The first-order valence-electron chi connectivity index (χ1n) is 7.37. The van der Waals surface area contributed by atoms with E-state index < -0.39 is 0 Å². The quantitative estimate of drug-likeness (QED) is 0.687. The Morgan fingerprint density at radius 3 is 2.61 bits per heavy atom. The molecule has 0 saturated carbocycles. The van der Waals surface area contributed by atoms with Crippen LogP contribution in [0.3, 0.4) is 0 Å². The van der Waals surface area contributed by atoms with Crippen molar-refractivity contribution in [3.8, 4) is 5.75 Å². The van der Waals surface area contributed by atoms with Crippen LogP contribution in [0, 0.1) is 0 Å². The minimum Gasteiger partial charge on any atom is -0.484 e. The van der Waals surface area contributed by atoms with E-state index in [0.717, 1.165) is 17.3 Å². The number of fused-ring (bicyclic) bond motifs is 1. The first-order chi connectivity index (χ1) is 10.8. The third kappa shape index (κ3) is 6.86. The summed E-state index contributed by atoms with van der Waals surface area (Å²) in [5, 5.41) is 8.21. The van der Waals surface area contributed by atoms with Crippen LogP contribution in [0.15, 0.2) is 42.5 Å². The van der Waals surface area contributed by atoms with Gasteiger partial charge in [0, 0.05) is 26.7 Å². The van der Waals surface area contributed by atoms with Crippen molar-refractivity contribution >= 4 is 29.1 Å². The molecule has 0 aliphatic rings. The smallest absolute Gasteiger partial charge is 0.257 e. The van der Waals surface area contributed by atoms with Crippen molar-refractivity contribution in [3.05, 3.63) is 42.5 Å². The second-order valence-corrected chi connectivity index (χ2v) is 4.89. The average Bonchev–Trinajstić information content (AvgIpc) is 2.56. The second-order valence-electron chi connectivity index (χ2n) is 4.89. The minimum absolute atomic E-state index is 0. The molecule has 126 valence electrons.